The standard InChI is InChI=1S/C11H13N3/c12-7-6-10-8-13-14-11(10)9-4-2-1-3-5-9/h1-5,8,11H,6-7,12H2/t11-/m1/s1. The number of nitrogens with two attached hydrogens (primary N) is 1. The molecule has 1 aliphatic rings. The van der Waals surface area contributed by atoms with Gasteiger partial charge in [0.25, 0.3) is 0 Å². The highest BCUT2D eigenvalue weighted by molar-refractivity contribution is 5.29. The number of hydrogen-bond donors (Lipinski definition) is 1. The van der Waals surface area contributed by atoms with E-state index in [9.17, 15) is 0 Å². The van der Waals surface area contributed by atoms with Gasteiger partial charge < -0.3 is 5.73 Å². The molecule has 1 atom stereocenters. The molecule has 72 valence electrons. The molecule has 1 aliphatic heterocycles. The molecule has 1 aromatic rings. The lowest BCUT2D eigenvalue weighted by atomic mass is 9.99. The zero-order valence-corrected chi connectivity index (χ0v) is 7.93. The molecule has 0 aliphatic carbocycles. The lowest BCUT2D eigenvalue weighted by Gasteiger charge is -2.10. The van der Waals surface area contributed by atoms with Gasteiger partial charge in [0.1, 0.15) is 6.04 Å². The molecular weight excluding hydrogens is 174 g/mol. The van der Waals surface area contributed by atoms with Gasteiger partial charge in [-0.25, -0.2) is 0 Å². The first-order valence-electron chi connectivity index (χ1n) is 4.75. The van der Waals surface area contributed by atoms with Gasteiger partial charge in [-0.05, 0) is 24.1 Å². The van der Waals surface area contributed by atoms with E-state index in [1.54, 1.807) is 0 Å². The molecule has 3 nitrogen and oxygen atoms in total. The molecule has 0 fully saturated rings. The summed E-state index contributed by atoms with van der Waals surface area (Å²) in [6.07, 6.45) is 2.69. The van der Waals surface area contributed by atoms with Crippen molar-refractivity contribution in [3.8, 4) is 0 Å². The van der Waals surface area contributed by atoms with Crippen molar-refractivity contribution in [2.45, 2.75) is 12.5 Å². The molecule has 1 heterocycles. The van der Waals surface area contributed by atoms with Crippen LogP contribution < -0.4 is 5.73 Å². The molecule has 0 radical (unpaired) electrons. The number of nitrogens with zero attached hydrogens (tertiary/aromatic N) is 2. The van der Waals surface area contributed by atoms with E-state index >= 15 is 0 Å². The van der Waals surface area contributed by atoms with E-state index in [0.29, 0.717) is 6.54 Å². The summed E-state index contributed by atoms with van der Waals surface area (Å²) in [6.45, 7) is 0.653. The maximum Gasteiger partial charge on any atom is 0.119 e. The van der Waals surface area contributed by atoms with E-state index in [1.165, 1.54) is 11.1 Å². The van der Waals surface area contributed by atoms with Crippen LogP contribution in [0.5, 0.6) is 0 Å². The van der Waals surface area contributed by atoms with Crippen molar-refractivity contribution in [2.75, 3.05) is 6.54 Å². The van der Waals surface area contributed by atoms with Gasteiger partial charge in [-0.2, -0.15) is 10.2 Å². The summed E-state index contributed by atoms with van der Waals surface area (Å²) in [4.78, 5) is 0. The third-order valence-electron chi connectivity index (χ3n) is 2.31. The van der Waals surface area contributed by atoms with Gasteiger partial charge in [-0.15, -0.1) is 0 Å². The molecule has 0 aromatic heterocycles. The predicted molar refractivity (Wildman–Crippen MR) is 55.8 cm³/mol. The summed E-state index contributed by atoms with van der Waals surface area (Å²) < 4.78 is 0. The van der Waals surface area contributed by atoms with Crippen molar-refractivity contribution in [1.82, 2.24) is 0 Å². The normalized spacial score (nSPS) is 19.8. The highest BCUT2D eigenvalue weighted by Gasteiger charge is 2.18. The van der Waals surface area contributed by atoms with Crippen molar-refractivity contribution < 1.29 is 0 Å². The van der Waals surface area contributed by atoms with E-state index in [4.69, 9.17) is 5.73 Å². The first kappa shape index (κ1) is 9.09. The van der Waals surface area contributed by atoms with E-state index < -0.39 is 0 Å². The summed E-state index contributed by atoms with van der Waals surface area (Å²) in [5, 5.41) is 8.13. The fourth-order valence-electron chi connectivity index (χ4n) is 1.60. The molecule has 2 rings (SSSR count). The van der Waals surface area contributed by atoms with E-state index in [0.717, 1.165) is 6.42 Å². The van der Waals surface area contributed by atoms with Gasteiger partial charge in [0, 0.05) is 0 Å². The number of benzene rings is 1. The predicted octanol–water partition coefficient (Wildman–Crippen LogP) is 2.43. The molecule has 0 spiro atoms. The van der Waals surface area contributed by atoms with Crippen molar-refractivity contribution in [3.05, 3.63) is 47.7 Å². The summed E-state index contributed by atoms with van der Waals surface area (Å²) in [7, 11) is 0. The fourth-order valence-corrected chi connectivity index (χ4v) is 1.60. The topological polar surface area (TPSA) is 50.7 Å². The zero-order chi connectivity index (χ0) is 9.80. The maximum atomic E-state index is 5.52. The first-order valence-corrected chi connectivity index (χ1v) is 4.75. The average Bonchev–Trinajstić information content (AvgIpc) is 2.68. The highest BCUT2D eigenvalue weighted by atomic mass is 15.1. The average molecular weight is 187 g/mol. The third-order valence-corrected chi connectivity index (χ3v) is 2.31. The summed E-state index contributed by atoms with van der Waals surface area (Å²) in [5.41, 5.74) is 7.92. The molecule has 0 amide bonds. The Hall–Kier alpha value is -1.48. The Morgan fingerprint density at radius 3 is 2.71 bits per heavy atom. The Morgan fingerprint density at radius 2 is 2.00 bits per heavy atom. The Kier molecular flexibility index (Phi) is 2.70. The zero-order valence-electron chi connectivity index (χ0n) is 7.93. The highest BCUT2D eigenvalue weighted by Crippen LogP contribution is 2.31. The molecule has 0 saturated carbocycles. The van der Waals surface area contributed by atoms with Crippen LogP contribution in [-0.2, 0) is 0 Å². The number of azo groups is 1. The molecule has 0 unspecified atom stereocenters. The van der Waals surface area contributed by atoms with Crippen LogP contribution in [-0.4, -0.2) is 6.54 Å². The van der Waals surface area contributed by atoms with E-state index in [-0.39, 0.29) is 6.04 Å². The lowest BCUT2D eigenvalue weighted by Crippen LogP contribution is -2.04. The van der Waals surface area contributed by atoms with Crippen LogP contribution in [0.25, 0.3) is 0 Å². The van der Waals surface area contributed by atoms with Gasteiger partial charge in [0.15, 0.2) is 0 Å². The second kappa shape index (κ2) is 4.15. The minimum atomic E-state index is 0.0970. The fraction of sp³-hybridized carbons (Fsp3) is 0.273. The lowest BCUT2D eigenvalue weighted by molar-refractivity contribution is 0.778. The minimum Gasteiger partial charge on any atom is -0.330 e. The van der Waals surface area contributed by atoms with Crippen molar-refractivity contribution in [3.63, 3.8) is 0 Å². The van der Waals surface area contributed by atoms with Crippen LogP contribution in [0.3, 0.4) is 0 Å². The molecule has 14 heavy (non-hydrogen) atoms. The molecule has 0 saturated heterocycles. The van der Waals surface area contributed by atoms with Gasteiger partial charge >= 0.3 is 0 Å². The van der Waals surface area contributed by atoms with Gasteiger partial charge in [-0.3, -0.25) is 0 Å². The monoisotopic (exact) mass is 187 g/mol. The van der Waals surface area contributed by atoms with Crippen molar-refractivity contribution >= 4 is 0 Å². The SMILES string of the molecule is NCCC1=CN=N[C@@H]1c1ccccc1. The second-order valence-electron chi connectivity index (χ2n) is 3.29. The molecular formula is C11H13N3. The second-order valence-corrected chi connectivity index (χ2v) is 3.29. The quantitative estimate of drug-likeness (QED) is 0.776. The van der Waals surface area contributed by atoms with Gasteiger partial charge in [0.2, 0.25) is 0 Å². The Bertz CT molecular complexity index is 354. The van der Waals surface area contributed by atoms with Crippen LogP contribution in [0, 0.1) is 0 Å². The van der Waals surface area contributed by atoms with Gasteiger partial charge in [0.05, 0.1) is 6.20 Å². The van der Waals surface area contributed by atoms with Crippen LogP contribution in [0.4, 0.5) is 0 Å². The van der Waals surface area contributed by atoms with Crippen LogP contribution in [0.2, 0.25) is 0 Å². The summed E-state index contributed by atoms with van der Waals surface area (Å²) >= 11 is 0. The summed E-state index contributed by atoms with van der Waals surface area (Å²) in [6, 6.07) is 10.3. The Balaban J connectivity index is 2.20. The maximum absolute atomic E-state index is 5.52. The Labute approximate surface area is 83.3 Å². The molecule has 1 aromatic carbocycles. The molecule has 3 heteroatoms. The van der Waals surface area contributed by atoms with Gasteiger partial charge in [-0.1, -0.05) is 30.3 Å². The molecule has 2 N–H and O–H groups in total. The van der Waals surface area contributed by atoms with Crippen molar-refractivity contribution in [2.24, 2.45) is 16.0 Å². The van der Waals surface area contributed by atoms with Crippen LogP contribution in [0.1, 0.15) is 18.0 Å². The summed E-state index contributed by atoms with van der Waals surface area (Å²) in [5.74, 6) is 0. The largest absolute Gasteiger partial charge is 0.330 e. The van der Waals surface area contributed by atoms with E-state index in [1.807, 2.05) is 24.4 Å². The van der Waals surface area contributed by atoms with Crippen LogP contribution in [0.15, 0.2) is 52.3 Å². The first-order chi connectivity index (χ1) is 6.92. The smallest absolute Gasteiger partial charge is 0.119 e. The van der Waals surface area contributed by atoms with E-state index in [2.05, 4.69) is 22.4 Å². The number of hydrogen-bond acceptors (Lipinski definition) is 3. The Morgan fingerprint density at radius 1 is 1.21 bits per heavy atom. The number of rotatable bonds is 3. The van der Waals surface area contributed by atoms with Crippen molar-refractivity contribution in [1.29, 1.82) is 0 Å². The minimum absolute atomic E-state index is 0.0970. The van der Waals surface area contributed by atoms with Crippen LogP contribution >= 0.6 is 0 Å². The third kappa shape index (κ3) is 1.72. The molecule has 0 bridgehead atoms.